The van der Waals surface area contributed by atoms with Gasteiger partial charge in [-0.25, -0.2) is 0 Å². The van der Waals surface area contributed by atoms with E-state index in [9.17, 15) is 9.59 Å². The van der Waals surface area contributed by atoms with Gasteiger partial charge >= 0.3 is 0 Å². The van der Waals surface area contributed by atoms with Gasteiger partial charge in [0.1, 0.15) is 5.41 Å². The fourth-order valence-electron chi connectivity index (χ4n) is 3.14. The van der Waals surface area contributed by atoms with Crippen LogP contribution in [0.1, 0.15) is 52.0 Å². The molecule has 2 rings (SSSR count). The molecule has 1 aromatic carbocycles. The predicted molar refractivity (Wildman–Crippen MR) is 93.2 cm³/mol. The van der Waals surface area contributed by atoms with E-state index < -0.39 is 5.41 Å². The molecule has 1 fully saturated rings. The van der Waals surface area contributed by atoms with Gasteiger partial charge in [0.05, 0.1) is 0 Å². The van der Waals surface area contributed by atoms with Crippen LogP contribution in [0.2, 0.25) is 0 Å². The number of nitrogens with zero attached hydrogens (tertiary/aromatic N) is 1. The van der Waals surface area contributed by atoms with E-state index in [0.717, 1.165) is 43.5 Å². The smallest absolute Gasteiger partial charge is 0.239 e. The molecule has 1 aromatic rings. The molecule has 1 N–H and O–H groups in total. The van der Waals surface area contributed by atoms with Crippen molar-refractivity contribution in [2.24, 2.45) is 5.41 Å². The topological polar surface area (TPSA) is 49.4 Å². The number of carbonyl (C=O) groups excluding carboxylic acids is 2. The summed E-state index contributed by atoms with van der Waals surface area (Å²) in [4.78, 5) is 27.6. The molecule has 1 aliphatic rings. The number of anilines is 1. The molecule has 0 bridgehead atoms. The number of rotatable bonds is 4. The van der Waals surface area contributed by atoms with Crippen LogP contribution in [-0.2, 0) is 9.59 Å². The second-order valence-electron chi connectivity index (χ2n) is 6.95. The fraction of sp³-hybridized carbons (Fsp3) is 0.579. The maximum Gasteiger partial charge on any atom is 0.239 e. The molecule has 1 aliphatic heterocycles. The Kier molecular flexibility index (Phi) is 5.45. The molecule has 2 amide bonds. The average Bonchev–Trinajstić information content (AvgIpc) is 2.56. The number of carbonyl (C=O) groups is 2. The first-order valence-electron chi connectivity index (χ1n) is 8.56. The number of nitrogens with one attached hydrogen (secondary N) is 1. The molecule has 4 heteroatoms. The van der Waals surface area contributed by atoms with Gasteiger partial charge in [-0.15, -0.1) is 0 Å². The lowest BCUT2D eigenvalue weighted by Crippen LogP contribution is -2.52. The van der Waals surface area contributed by atoms with Crippen LogP contribution in [0.4, 0.5) is 5.69 Å². The summed E-state index contributed by atoms with van der Waals surface area (Å²) in [6.07, 6.45) is 4.18. The Labute approximate surface area is 139 Å². The van der Waals surface area contributed by atoms with E-state index in [1.54, 1.807) is 13.8 Å². The second-order valence-corrected chi connectivity index (χ2v) is 6.95. The van der Waals surface area contributed by atoms with E-state index in [1.165, 1.54) is 0 Å². The van der Waals surface area contributed by atoms with Gasteiger partial charge in [0.2, 0.25) is 11.8 Å². The third-order valence-electron chi connectivity index (χ3n) is 4.85. The number of piperidine rings is 1. The molecule has 1 saturated heterocycles. The molecule has 0 aliphatic carbocycles. The standard InChI is InChI=1S/C19H28N2O2/c1-5-15-11-8-9-13-21(15)18(23)19(3,4)17(22)20-16-12-7-6-10-14(16)2/h6-7,10,12,15H,5,8-9,11,13H2,1-4H3,(H,20,22). The lowest BCUT2D eigenvalue weighted by atomic mass is 9.87. The van der Waals surface area contributed by atoms with Gasteiger partial charge in [-0.3, -0.25) is 9.59 Å². The van der Waals surface area contributed by atoms with Crippen molar-refractivity contribution >= 4 is 17.5 Å². The summed E-state index contributed by atoms with van der Waals surface area (Å²) >= 11 is 0. The maximum atomic E-state index is 13.0. The molecule has 1 unspecified atom stereocenters. The normalized spacial score (nSPS) is 18.6. The zero-order chi connectivity index (χ0) is 17.0. The monoisotopic (exact) mass is 316 g/mol. The molecular weight excluding hydrogens is 288 g/mol. The predicted octanol–water partition coefficient (Wildman–Crippen LogP) is 3.75. The van der Waals surface area contributed by atoms with Crippen molar-refractivity contribution < 1.29 is 9.59 Å². The zero-order valence-corrected chi connectivity index (χ0v) is 14.7. The Hall–Kier alpha value is -1.84. The van der Waals surface area contributed by atoms with Gasteiger partial charge in [0.15, 0.2) is 0 Å². The largest absolute Gasteiger partial charge is 0.339 e. The van der Waals surface area contributed by atoms with Gasteiger partial charge in [-0.05, 0) is 58.1 Å². The highest BCUT2D eigenvalue weighted by atomic mass is 16.2. The van der Waals surface area contributed by atoms with Crippen LogP contribution in [0.5, 0.6) is 0 Å². The minimum absolute atomic E-state index is 0.0601. The third-order valence-corrected chi connectivity index (χ3v) is 4.85. The molecule has 23 heavy (non-hydrogen) atoms. The van der Waals surface area contributed by atoms with E-state index in [2.05, 4.69) is 12.2 Å². The first kappa shape index (κ1) is 17.5. The molecule has 1 atom stereocenters. The third kappa shape index (κ3) is 3.74. The maximum absolute atomic E-state index is 13.0. The Morgan fingerprint density at radius 1 is 1.26 bits per heavy atom. The number of benzene rings is 1. The zero-order valence-electron chi connectivity index (χ0n) is 14.7. The van der Waals surface area contributed by atoms with Crippen LogP contribution in [0.25, 0.3) is 0 Å². The summed E-state index contributed by atoms with van der Waals surface area (Å²) in [5, 5.41) is 2.92. The van der Waals surface area contributed by atoms with Crippen molar-refractivity contribution in [2.75, 3.05) is 11.9 Å². The van der Waals surface area contributed by atoms with E-state index in [1.807, 2.05) is 36.1 Å². The minimum Gasteiger partial charge on any atom is -0.339 e. The summed E-state index contributed by atoms with van der Waals surface area (Å²) < 4.78 is 0. The van der Waals surface area contributed by atoms with Crippen LogP contribution >= 0.6 is 0 Å². The van der Waals surface area contributed by atoms with Gasteiger partial charge in [-0.1, -0.05) is 25.1 Å². The number of aryl methyl sites for hydroxylation is 1. The first-order chi connectivity index (χ1) is 10.9. The summed E-state index contributed by atoms with van der Waals surface area (Å²) in [7, 11) is 0. The number of hydrogen-bond donors (Lipinski definition) is 1. The Balaban J connectivity index is 2.14. The van der Waals surface area contributed by atoms with Gasteiger partial charge in [0.25, 0.3) is 0 Å². The van der Waals surface area contributed by atoms with Crippen molar-refractivity contribution in [2.45, 2.75) is 59.4 Å². The molecule has 0 aromatic heterocycles. The van der Waals surface area contributed by atoms with Crippen molar-refractivity contribution in [3.63, 3.8) is 0 Å². The van der Waals surface area contributed by atoms with Crippen molar-refractivity contribution in [3.8, 4) is 0 Å². The highest BCUT2D eigenvalue weighted by Crippen LogP contribution is 2.28. The average molecular weight is 316 g/mol. The van der Waals surface area contributed by atoms with Crippen LogP contribution in [0.15, 0.2) is 24.3 Å². The highest BCUT2D eigenvalue weighted by molar-refractivity contribution is 6.10. The molecule has 4 nitrogen and oxygen atoms in total. The lowest BCUT2D eigenvalue weighted by molar-refractivity contribution is -0.149. The molecule has 126 valence electrons. The summed E-state index contributed by atoms with van der Waals surface area (Å²) in [6.45, 7) is 8.27. The van der Waals surface area contributed by atoms with Crippen LogP contribution in [0, 0.1) is 12.3 Å². The number of likely N-dealkylation sites (tertiary alicyclic amines) is 1. The fourth-order valence-corrected chi connectivity index (χ4v) is 3.14. The van der Waals surface area contributed by atoms with Gasteiger partial charge in [-0.2, -0.15) is 0 Å². The molecule has 1 heterocycles. The van der Waals surface area contributed by atoms with E-state index >= 15 is 0 Å². The quantitative estimate of drug-likeness (QED) is 0.860. The lowest BCUT2D eigenvalue weighted by Gasteiger charge is -2.39. The molecule has 0 spiro atoms. The number of hydrogen-bond acceptors (Lipinski definition) is 2. The second kappa shape index (κ2) is 7.16. The molecule has 0 saturated carbocycles. The van der Waals surface area contributed by atoms with Crippen molar-refractivity contribution in [1.82, 2.24) is 4.90 Å². The Morgan fingerprint density at radius 2 is 1.96 bits per heavy atom. The summed E-state index contributed by atoms with van der Waals surface area (Å²) in [5.74, 6) is -0.299. The van der Waals surface area contributed by atoms with E-state index in [0.29, 0.717) is 0 Å². The van der Waals surface area contributed by atoms with Crippen LogP contribution in [0.3, 0.4) is 0 Å². The number of amides is 2. The Morgan fingerprint density at radius 3 is 2.61 bits per heavy atom. The van der Waals surface area contributed by atoms with Crippen molar-refractivity contribution in [3.05, 3.63) is 29.8 Å². The SMILES string of the molecule is CCC1CCCCN1C(=O)C(C)(C)C(=O)Nc1ccccc1C. The van der Waals surface area contributed by atoms with Gasteiger partial charge in [0, 0.05) is 18.3 Å². The van der Waals surface area contributed by atoms with Gasteiger partial charge < -0.3 is 10.2 Å². The molecule has 0 radical (unpaired) electrons. The Bertz CT molecular complexity index is 580. The number of para-hydroxylation sites is 1. The minimum atomic E-state index is -1.06. The summed E-state index contributed by atoms with van der Waals surface area (Å²) in [6, 6.07) is 7.89. The van der Waals surface area contributed by atoms with E-state index in [4.69, 9.17) is 0 Å². The first-order valence-corrected chi connectivity index (χ1v) is 8.56. The summed E-state index contributed by atoms with van der Waals surface area (Å²) in [5.41, 5.74) is 0.699. The van der Waals surface area contributed by atoms with E-state index in [-0.39, 0.29) is 17.9 Å². The molecular formula is C19H28N2O2. The van der Waals surface area contributed by atoms with Crippen LogP contribution in [-0.4, -0.2) is 29.3 Å². The highest BCUT2D eigenvalue weighted by Gasteiger charge is 2.41. The van der Waals surface area contributed by atoms with Crippen molar-refractivity contribution in [1.29, 1.82) is 0 Å². The van der Waals surface area contributed by atoms with Crippen LogP contribution < -0.4 is 5.32 Å².